The van der Waals surface area contributed by atoms with E-state index in [4.69, 9.17) is 0 Å². The number of pyridine rings is 1. The Morgan fingerprint density at radius 2 is 2.00 bits per heavy atom. The van der Waals surface area contributed by atoms with Gasteiger partial charge >= 0.3 is 6.03 Å². The summed E-state index contributed by atoms with van der Waals surface area (Å²) in [5.74, 6) is 0.355. The van der Waals surface area contributed by atoms with Crippen molar-refractivity contribution in [2.45, 2.75) is 6.54 Å². The Morgan fingerprint density at radius 1 is 1.17 bits per heavy atom. The number of hydrogen-bond acceptors (Lipinski definition) is 3. The van der Waals surface area contributed by atoms with E-state index in [0.29, 0.717) is 18.1 Å². The SMILES string of the molecule is O=C(NCc1ccc(F)cc1)Nc1ccc(-n2cccn2)nc1. The molecule has 0 saturated heterocycles. The molecule has 0 fully saturated rings. The lowest BCUT2D eigenvalue weighted by Crippen LogP contribution is -2.28. The molecule has 116 valence electrons. The number of hydrogen-bond donors (Lipinski definition) is 2. The van der Waals surface area contributed by atoms with E-state index in [0.717, 1.165) is 5.56 Å². The van der Waals surface area contributed by atoms with Gasteiger partial charge in [-0.05, 0) is 35.9 Å². The topological polar surface area (TPSA) is 71.8 Å². The molecule has 0 bridgehead atoms. The van der Waals surface area contributed by atoms with Crippen LogP contribution in [0.4, 0.5) is 14.9 Å². The fourth-order valence-electron chi connectivity index (χ4n) is 1.96. The summed E-state index contributed by atoms with van der Waals surface area (Å²) in [4.78, 5) is 16.0. The summed E-state index contributed by atoms with van der Waals surface area (Å²) in [6.45, 7) is 0.310. The van der Waals surface area contributed by atoms with Crippen LogP contribution in [0.3, 0.4) is 0 Å². The minimum absolute atomic E-state index is 0.304. The number of rotatable bonds is 4. The number of nitrogens with zero attached hydrogens (tertiary/aromatic N) is 3. The van der Waals surface area contributed by atoms with E-state index in [1.165, 1.54) is 12.1 Å². The first-order valence-electron chi connectivity index (χ1n) is 6.96. The van der Waals surface area contributed by atoms with Crippen molar-refractivity contribution in [2.75, 3.05) is 5.32 Å². The molecule has 0 atom stereocenters. The summed E-state index contributed by atoms with van der Waals surface area (Å²) in [6.07, 6.45) is 5.00. The molecule has 23 heavy (non-hydrogen) atoms. The zero-order valence-corrected chi connectivity index (χ0v) is 12.1. The van der Waals surface area contributed by atoms with Gasteiger partial charge in [-0.1, -0.05) is 12.1 Å². The summed E-state index contributed by atoms with van der Waals surface area (Å²) >= 11 is 0. The average molecular weight is 311 g/mol. The Labute approximate surface area is 132 Å². The van der Waals surface area contributed by atoms with Crippen molar-refractivity contribution in [3.05, 3.63) is 72.4 Å². The predicted octanol–water partition coefficient (Wildman–Crippen LogP) is 2.73. The maximum atomic E-state index is 12.8. The molecule has 2 aromatic heterocycles. The van der Waals surface area contributed by atoms with Gasteiger partial charge in [0.2, 0.25) is 0 Å². The third-order valence-electron chi connectivity index (χ3n) is 3.11. The molecule has 2 amide bonds. The van der Waals surface area contributed by atoms with Gasteiger partial charge in [0.15, 0.2) is 5.82 Å². The standard InChI is InChI=1S/C16H14FN5O/c17-13-4-2-12(3-5-13)10-19-16(23)21-14-6-7-15(18-11-14)22-9-1-8-20-22/h1-9,11H,10H2,(H2,19,21,23). The second-order valence-corrected chi connectivity index (χ2v) is 4.79. The van der Waals surface area contributed by atoms with Gasteiger partial charge in [0.25, 0.3) is 0 Å². The summed E-state index contributed by atoms with van der Waals surface area (Å²) in [6, 6.07) is 10.9. The number of carbonyl (C=O) groups is 1. The number of anilines is 1. The molecule has 3 rings (SSSR count). The molecule has 0 saturated carbocycles. The number of amides is 2. The minimum atomic E-state index is -0.358. The van der Waals surface area contributed by atoms with Crippen LogP contribution in [-0.2, 0) is 6.54 Å². The highest BCUT2D eigenvalue weighted by Crippen LogP contribution is 2.09. The molecule has 0 spiro atoms. The van der Waals surface area contributed by atoms with Crippen LogP contribution in [0.1, 0.15) is 5.56 Å². The van der Waals surface area contributed by atoms with Crippen LogP contribution in [0.25, 0.3) is 5.82 Å². The van der Waals surface area contributed by atoms with E-state index in [2.05, 4.69) is 20.7 Å². The van der Waals surface area contributed by atoms with Crippen LogP contribution >= 0.6 is 0 Å². The maximum Gasteiger partial charge on any atom is 0.319 e. The molecule has 1 aromatic carbocycles. The molecule has 0 aliphatic carbocycles. The Kier molecular flexibility index (Phi) is 4.28. The van der Waals surface area contributed by atoms with Crippen molar-refractivity contribution in [2.24, 2.45) is 0 Å². The van der Waals surface area contributed by atoms with Gasteiger partial charge in [-0.25, -0.2) is 18.9 Å². The van der Waals surface area contributed by atoms with Crippen molar-refractivity contribution in [3.63, 3.8) is 0 Å². The fourth-order valence-corrected chi connectivity index (χ4v) is 1.96. The lowest BCUT2D eigenvalue weighted by Gasteiger charge is -2.08. The van der Waals surface area contributed by atoms with Crippen LogP contribution in [-0.4, -0.2) is 20.8 Å². The minimum Gasteiger partial charge on any atom is -0.334 e. The zero-order valence-electron chi connectivity index (χ0n) is 12.1. The molecule has 2 N–H and O–H groups in total. The third-order valence-corrected chi connectivity index (χ3v) is 3.11. The number of aromatic nitrogens is 3. The van der Waals surface area contributed by atoms with Crippen molar-refractivity contribution in [1.82, 2.24) is 20.1 Å². The second kappa shape index (κ2) is 6.69. The number of nitrogens with one attached hydrogen (secondary N) is 2. The molecule has 7 heteroatoms. The molecule has 0 unspecified atom stereocenters. The normalized spacial score (nSPS) is 10.3. The summed E-state index contributed by atoms with van der Waals surface area (Å²) in [5.41, 5.74) is 1.38. The highest BCUT2D eigenvalue weighted by Gasteiger charge is 2.03. The molecule has 0 aliphatic heterocycles. The van der Waals surface area contributed by atoms with Gasteiger partial charge < -0.3 is 10.6 Å². The first-order chi connectivity index (χ1) is 11.2. The second-order valence-electron chi connectivity index (χ2n) is 4.79. The first kappa shape index (κ1) is 14.7. The van der Waals surface area contributed by atoms with Crippen LogP contribution in [0.15, 0.2) is 61.1 Å². The predicted molar refractivity (Wildman–Crippen MR) is 83.6 cm³/mol. The number of halogens is 1. The Hall–Kier alpha value is -3.22. The molecule has 0 radical (unpaired) electrons. The summed E-state index contributed by atoms with van der Waals surface area (Å²) in [5, 5.41) is 9.45. The van der Waals surface area contributed by atoms with Gasteiger partial charge in [-0.3, -0.25) is 0 Å². The lowest BCUT2D eigenvalue weighted by atomic mass is 10.2. The van der Waals surface area contributed by atoms with E-state index in [9.17, 15) is 9.18 Å². The van der Waals surface area contributed by atoms with Crippen molar-refractivity contribution in [3.8, 4) is 5.82 Å². The van der Waals surface area contributed by atoms with E-state index < -0.39 is 0 Å². The molecule has 6 nitrogen and oxygen atoms in total. The quantitative estimate of drug-likeness (QED) is 0.778. The number of carbonyl (C=O) groups excluding carboxylic acids is 1. The first-order valence-corrected chi connectivity index (χ1v) is 6.96. The van der Waals surface area contributed by atoms with Crippen LogP contribution < -0.4 is 10.6 Å². The summed E-state index contributed by atoms with van der Waals surface area (Å²) in [7, 11) is 0. The Morgan fingerprint density at radius 3 is 2.65 bits per heavy atom. The van der Waals surface area contributed by atoms with Gasteiger partial charge in [-0.15, -0.1) is 0 Å². The smallest absolute Gasteiger partial charge is 0.319 e. The summed E-state index contributed by atoms with van der Waals surface area (Å²) < 4.78 is 14.4. The Bertz CT molecular complexity index is 769. The molecule has 0 aliphatic rings. The monoisotopic (exact) mass is 311 g/mol. The maximum absolute atomic E-state index is 12.8. The van der Waals surface area contributed by atoms with Crippen molar-refractivity contribution < 1.29 is 9.18 Å². The van der Waals surface area contributed by atoms with Gasteiger partial charge in [0.05, 0.1) is 11.9 Å². The van der Waals surface area contributed by atoms with Gasteiger partial charge in [0.1, 0.15) is 5.82 Å². The molecule has 2 heterocycles. The van der Waals surface area contributed by atoms with E-state index in [-0.39, 0.29) is 11.8 Å². The molecular weight excluding hydrogens is 297 g/mol. The fraction of sp³-hybridized carbons (Fsp3) is 0.0625. The highest BCUT2D eigenvalue weighted by atomic mass is 19.1. The van der Waals surface area contributed by atoms with Gasteiger partial charge in [0, 0.05) is 18.9 Å². The van der Waals surface area contributed by atoms with E-state index in [1.54, 1.807) is 53.6 Å². The zero-order chi connectivity index (χ0) is 16.1. The van der Waals surface area contributed by atoms with E-state index >= 15 is 0 Å². The molecular formula is C16H14FN5O. The largest absolute Gasteiger partial charge is 0.334 e. The average Bonchev–Trinajstić information content (AvgIpc) is 3.09. The Balaban J connectivity index is 1.54. The number of benzene rings is 1. The molecule has 3 aromatic rings. The lowest BCUT2D eigenvalue weighted by molar-refractivity contribution is 0.251. The van der Waals surface area contributed by atoms with Crippen LogP contribution in [0.5, 0.6) is 0 Å². The van der Waals surface area contributed by atoms with Gasteiger partial charge in [-0.2, -0.15) is 5.10 Å². The number of urea groups is 1. The van der Waals surface area contributed by atoms with Crippen LogP contribution in [0, 0.1) is 5.82 Å². The van der Waals surface area contributed by atoms with Crippen molar-refractivity contribution >= 4 is 11.7 Å². The van der Waals surface area contributed by atoms with Crippen LogP contribution in [0.2, 0.25) is 0 Å². The highest BCUT2D eigenvalue weighted by molar-refractivity contribution is 5.89. The third kappa shape index (κ3) is 3.91. The van der Waals surface area contributed by atoms with E-state index in [1.807, 2.05) is 0 Å². The van der Waals surface area contributed by atoms with Crippen molar-refractivity contribution in [1.29, 1.82) is 0 Å².